The number of carbonyl (C=O) groups excluding carboxylic acids is 2. The molecule has 4 aromatic carbocycles. The molecule has 0 aliphatic carbocycles. The normalized spacial score (nSPS) is 10.6. The molecule has 2 N–H and O–H groups in total. The van der Waals surface area contributed by atoms with Gasteiger partial charge in [-0.3, -0.25) is 9.59 Å². The molecule has 0 saturated carbocycles. The summed E-state index contributed by atoms with van der Waals surface area (Å²) >= 11 is 0. The Morgan fingerprint density at radius 3 is 1.40 bits per heavy atom. The fourth-order valence-electron chi connectivity index (χ4n) is 4.35. The van der Waals surface area contributed by atoms with E-state index in [1.165, 1.54) is 0 Å². The summed E-state index contributed by atoms with van der Waals surface area (Å²) < 4.78 is 11.3. The molecule has 4 aromatic rings. The third kappa shape index (κ3) is 7.73. The molecule has 2 amide bonds. The zero-order valence-corrected chi connectivity index (χ0v) is 23.5. The van der Waals surface area contributed by atoms with E-state index in [-0.39, 0.29) is 25.0 Å². The van der Waals surface area contributed by atoms with Crippen LogP contribution in [0.25, 0.3) is 11.1 Å². The Kier molecular flexibility index (Phi) is 9.57. The molecule has 0 atom stereocenters. The standard InChI is InChI=1S/C34H36N2O4/c1-5-25-9-7-11-29(19-25)39-21-33(37)35-31-15-13-27(17-23(31)3)28-14-16-32(24(4)18-28)36-34(38)22-40-30-12-8-10-26(6-2)20-30/h7-20H,5-6,21-22H2,1-4H3,(H,35,37)(H,36,38). The van der Waals surface area contributed by atoms with Gasteiger partial charge in [0.05, 0.1) is 0 Å². The van der Waals surface area contributed by atoms with Crippen LogP contribution in [0.15, 0.2) is 84.9 Å². The van der Waals surface area contributed by atoms with Gasteiger partial charge < -0.3 is 20.1 Å². The monoisotopic (exact) mass is 536 g/mol. The van der Waals surface area contributed by atoms with Crippen LogP contribution in [-0.2, 0) is 22.4 Å². The van der Waals surface area contributed by atoms with E-state index < -0.39 is 0 Å². The molecule has 0 heterocycles. The Morgan fingerprint density at radius 2 is 1.02 bits per heavy atom. The second kappa shape index (κ2) is 13.5. The number of hydrogen-bond donors (Lipinski definition) is 2. The van der Waals surface area contributed by atoms with E-state index in [1.807, 2.05) is 98.8 Å². The number of nitrogens with one attached hydrogen (secondary N) is 2. The number of amides is 2. The minimum atomic E-state index is -0.212. The molecule has 40 heavy (non-hydrogen) atoms. The second-order valence-electron chi connectivity index (χ2n) is 9.74. The molecule has 0 aliphatic rings. The molecule has 0 saturated heterocycles. The van der Waals surface area contributed by atoms with Gasteiger partial charge in [0.15, 0.2) is 13.2 Å². The number of ether oxygens (including phenoxy) is 2. The Bertz CT molecular complexity index is 1380. The molecule has 0 fully saturated rings. The number of aryl methyl sites for hydroxylation is 4. The maximum absolute atomic E-state index is 12.5. The summed E-state index contributed by atoms with van der Waals surface area (Å²) in [5, 5.41) is 5.87. The van der Waals surface area contributed by atoms with Gasteiger partial charge in [0.25, 0.3) is 11.8 Å². The Hall–Kier alpha value is -4.58. The van der Waals surface area contributed by atoms with Crippen molar-refractivity contribution in [2.24, 2.45) is 0 Å². The smallest absolute Gasteiger partial charge is 0.262 e. The summed E-state index contributed by atoms with van der Waals surface area (Å²) in [6.45, 7) is 7.96. The van der Waals surface area contributed by atoms with Gasteiger partial charge in [-0.2, -0.15) is 0 Å². The van der Waals surface area contributed by atoms with E-state index in [2.05, 4.69) is 24.5 Å². The van der Waals surface area contributed by atoms with Gasteiger partial charge in [0.1, 0.15) is 11.5 Å². The van der Waals surface area contributed by atoms with Crippen LogP contribution in [0.2, 0.25) is 0 Å². The van der Waals surface area contributed by atoms with Crippen molar-refractivity contribution in [1.29, 1.82) is 0 Å². The van der Waals surface area contributed by atoms with E-state index in [4.69, 9.17) is 9.47 Å². The van der Waals surface area contributed by atoms with Crippen LogP contribution in [0, 0.1) is 13.8 Å². The maximum Gasteiger partial charge on any atom is 0.262 e. The van der Waals surface area contributed by atoms with Crippen molar-refractivity contribution in [1.82, 2.24) is 0 Å². The summed E-state index contributed by atoms with van der Waals surface area (Å²) in [6, 6.07) is 27.3. The number of benzene rings is 4. The van der Waals surface area contributed by atoms with Gasteiger partial charge in [-0.1, -0.05) is 50.2 Å². The van der Waals surface area contributed by atoms with Crippen LogP contribution in [0.5, 0.6) is 11.5 Å². The third-order valence-electron chi connectivity index (χ3n) is 6.69. The number of hydrogen-bond acceptors (Lipinski definition) is 4. The topological polar surface area (TPSA) is 76.7 Å². The van der Waals surface area contributed by atoms with Crippen molar-refractivity contribution in [2.75, 3.05) is 23.8 Å². The number of rotatable bonds is 11. The highest BCUT2D eigenvalue weighted by atomic mass is 16.5. The fourth-order valence-corrected chi connectivity index (χ4v) is 4.35. The molecule has 0 bridgehead atoms. The van der Waals surface area contributed by atoms with Crippen LogP contribution in [0.4, 0.5) is 11.4 Å². The van der Waals surface area contributed by atoms with E-state index in [1.54, 1.807) is 0 Å². The lowest BCUT2D eigenvalue weighted by molar-refractivity contribution is -0.118. The first-order valence-electron chi connectivity index (χ1n) is 13.6. The van der Waals surface area contributed by atoms with Crippen LogP contribution >= 0.6 is 0 Å². The summed E-state index contributed by atoms with van der Waals surface area (Å²) in [5.74, 6) is 0.947. The van der Waals surface area contributed by atoms with Crippen molar-refractivity contribution in [3.63, 3.8) is 0 Å². The molecule has 0 radical (unpaired) electrons. The van der Waals surface area contributed by atoms with Crippen LogP contribution in [0.3, 0.4) is 0 Å². The summed E-state index contributed by atoms with van der Waals surface area (Å²) in [7, 11) is 0. The molecule has 0 aliphatic heterocycles. The van der Waals surface area contributed by atoms with Crippen LogP contribution in [0.1, 0.15) is 36.1 Å². The highest BCUT2D eigenvalue weighted by molar-refractivity contribution is 5.94. The molecule has 6 nitrogen and oxygen atoms in total. The zero-order chi connectivity index (χ0) is 28.5. The molecule has 6 heteroatoms. The molecule has 4 rings (SSSR count). The van der Waals surface area contributed by atoms with E-state index >= 15 is 0 Å². The lowest BCUT2D eigenvalue weighted by Crippen LogP contribution is -2.20. The Labute approximate surface area is 236 Å². The third-order valence-corrected chi connectivity index (χ3v) is 6.69. The lowest BCUT2D eigenvalue weighted by Gasteiger charge is -2.14. The quantitative estimate of drug-likeness (QED) is 0.214. The van der Waals surface area contributed by atoms with E-state index in [0.29, 0.717) is 11.5 Å². The van der Waals surface area contributed by atoms with Crippen molar-refractivity contribution < 1.29 is 19.1 Å². The van der Waals surface area contributed by atoms with Crippen molar-refractivity contribution in [2.45, 2.75) is 40.5 Å². The minimum Gasteiger partial charge on any atom is -0.484 e. The van der Waals surface area contributed by atoms with Crippen LogP contribution < -0.4 is 20.1 Å². The van der Waals surface area contributed by atoms with Gasteiger partial charge >= 0.3 is 0 Å². The molecular formula is C34H36N2O4. The summed E-state index contributed by atoms with van der Waals surface area (Å²) in [5.41, 5.74) is 7.73. The van der Waals surface area contributed by atoms with Crippen LogP contribution in [-0.4, -0.2) is 25.0 Å². The summed E-state index contributed by atoms with van der Waals surface area (Å²) in [4.78, 5) is 25.0. The zero-order valence-electron chi connectivity index (χ0n) is 23.5. The average molecular weight is 537 g/mol. The van der Waals surface area contributed by atoms with Crippen molar-refractivity contribution >= 4 is 23.2 Å². The van der Waals surface area contributed by atoms with E-state index in [9.17, 15) is 9.59 Å². The first-order chi connectivity index (χ1) is 19.3. The number of anilines is 2. The fraction of sp³-hybridized carbons (Fsp3) is 0.235. The van der Waals surface area contributed by atoms with Gasteiger partial charge in [-0.25, -0.2) is 0 Å². The largest absolute Gasteiger partial charge is 0.484 e. The Balaban J connectivity index is 1.33. The molecule has 0 aromatic heterocycles. The Morgan fingerprint density at radius 1 is 0.600 bits per heavy atom. The predicted octanol–water partition coefficient (Wildman–Crippen LogP) is 7.13. The van der Waals surface area contributed by atoms with Gasteiger partial charge in [0, 0.05) is 11.4 Å². The molecular weight excluding hydrogens is 500 g/mol. The first kappa shape index (κ1) is 28.4. The minimum absolute atomic E-state index is 0.0586. The number of carbonyl (C=O) groups is 2. The second-order valence-corrected chi connectivity index (χ2v) is 9.74. The van der Waals surface area contributed by atoms with Crippen molar-refractivity contribution in [3.05, 3.63) is 107 Å². The van der Waals surface area contributed by atoms with Crippen molar-refractivity contribution in [3.8, 4) is 22.6 Å². The predicted molar refractivity (Wildman–Crippen MR) is 161 cm³/mol. The van der Waals surface area contributed by atoms with Gasteiger partial charge in [-0.15, -0.1) is 0 Å². The highest BCUT2D eigenvalue weighted by Gasteiger charge is 2.11. The molecule has 0 spiro atoms. The highest BCUT2D eigenvalue weighted by Crippen LogP contribution is 2.28. The lowest BCUT2D eigenvalue weighted by atomic mass is 10.00. The summed E-state index contributed by atoms with van der Waals surface area (Å²) in [6.07, 6.45) is 1.82. The SMILES string of the molecule is CCc1cccc(OCC(=O)Nc2ccc(-c3ccc(NC(=O)COc4cccc(CC)c4)c(C)c3)cc2C)c1. The van der Waals surface area contributed by atoms with Gasteiger partial charge in [0.2, 0.25) is 0 Å². The van der Waals surface area contributed by atoms with E-state index in [0.717, 1.165) is 57.6 Å². The average Bonchev–Trinajstić information content (AvgIpc) is 2.97. The molecule has 0 unspecified atom stereocenters. The first-order valence-corrected chi connectivity index (χ1v) is 13.6. The molecule has 206 valence electrons. The maximum atomic E-state index is 12.5. The van der Waals surface area contributed by atoms with Gasteiger partial charge in [-0.05, 0) is 109 Å².